The van der Waals surface area contributed by atoms with E-state index in [2.05, 4.69) is 9.97 Å². The average molecular weight is 288 g/mol. The Balaban J connectivity index is 1.99. The molecular weight excluding hydrogens is 269 g/mol. The largest absolute Gasteiger partial charge is 0.401 e. The zero-order valence-corrected chi connectivity index (χ0v) is 11.7. The summed E-state index contributed by atoms with van der Waals surface area (Å²) in [5, 5.41) is 0. The number of aromatic nitrogens is 2. The topological polar surface area (TPSA) is 32.3 Å². The van der Waals surface area contributed by atoms with Gasteiger partial charge in [-0.2, -0.15) is 13.2 Å². The van der Waals surface area contributed by atoms with Crippen molar-refractivity contribution in [2.24, 2.45) is 0 Å². The lowest BCUT2D eigenvalue weighted by Crippen LogP contribution is -2.49. The van der Waals surface area contributed by atoms with Gasteiger partial charge in [0, 0.05) is 32.0 Å². The first-order valence-corrected chi connectivity index (χ1v) is 6.66. The second kappa shape index (κ2) is 5.95. The quantitative estimate of drug-likeness (QED) is 0.854. The van der Waals surface area contributed by atoms with Crippen LogP contribution in [0.2, 0.25) is 0 Å². The van der Waals surface area contributed by atoms with E-state index in [1.165, 1.54) is 4.90 Å². The average Bonchev–Trinajstić information content (AvgIpc) is 2.37. The zero-order chi connectivity index (χ0) is 14.8. The van der Waals surface area contributed by atoms with E-state index >= 15 is 0 Å². The van der Waals surface area contributed by atoms with Gasteiger partial charge >= 0.3 is 6.18 Å². The Bertz CT molecular complexity index is 432. The number of piperidine rings is 1. The highest BCUT2D eigenvalue weighted by atomic mass is 19.4. The maximum absolute atomic E-state index is 12.5. The van der Waals surface area contributed by atoms with Gasteiger partial charge in [0.2, 0.25) is 5.95 Å². The van der Waals surface area contributed by atoms with Crippen LogP contribution >= 0.6 is 0 Å². The molecule has 0 aliphatic carbocycles. The molecule has 112 valence electrons. The van der Waals surface area contributed by atoms with Crippen LogP contribution in [0.1, 0.15) is 18.4 Å². The van der Waals surface area contributed by atoms with E-state index in [0.29, 0.717) is 19.0 Å². The van der Waals surface area contributed by atoms with Crippen molar-refractivity contribution in [3.63, 3.8) is 0 Å². The molecule has 1 aromatic heterocycles. The molecule has 1 fully saturated rings. The van der Waals surface area contributed by atoms with Crippen molar-refractivity contribution in [3.05, 3.63) is 18.0 Å². The van der Waals surface area contributed by atoms with Crippen molar-refractivity contribution in [2.45, 2.75) is 32.0 Å². The fourth-order valence-corrected chi connectivity index (χ4v) is 2.48. The number of alkyl halides is 3. The number of anilines is 1. The van der Waals surface area contributed by atoms with Gasteiger partial charge < -0.3 is 4.90 Å². The minimum Gasteiger partial charge on any atom is -0.340 e. The summed E-state index contributed by atoms with van der Waals surface area (Å²) in [6.45, 7) is 1.95. The van der Waals surface area contributed by atoms with Gasteiger partial charge in [-0.25, -0.2) is 9.97 Å². The van der Waals surface area contributed by atoms with Gasteiger partial charge in [-0.3, -0.25) is 4.90 Å². The maximum Gasteiger partial charge on any atom is 0.401 e. The number of likely N-dealkylation sites (N-methyl/N-ethyl adjacent to an activating group) is 1. The third kappa shape index (κ3) is 4.06. The van der Waals surface area contributed by atoms with Crippen LogP contribution in [0.25, 0.3) is 0 Å². The molecule has 20 heavy (non-hydrogen) atoms. The van der Waals surface area contributed by atoms with Gasteiger partial charge in [0.1, 0.15) is 0 Å². The van der Waals surface area contributed by atoms with Gasteiger partial charge in [-0.05, 0) is 31.9 Å². The van der Waals surface area contributed by atoms with Crippen molar-refractivity contribution in [1.82, 2.24) is 14.9 Å². The van der Waals surface area contributed by atoms with Gasteiger partial charge in [0.15, 0.2) is 0 Å². The summed E-state index contributed by atoms with van der Waals surface area (Å²) in [6, 6.07) is 0.0220. The van der Waals surface area contributed by atoms with Crippen LogP contribution in [0.3, 0.4) is 0 Å². The number of hydrogen-bond donors (Lipinski definition) is 0. The van der Waals surface area contributed by atoms with Crippen LogP contribution in [-0.4, -0.2) is 53.8 Å². The lowest BCUT2D eigenvalue weighted by Gasteiger charge is -2.37. The predicted molar refractivity (Wildman–Crippen MR) is 70.7 cm³/mol. The first-order chi connectivity index (χ1) is 9.35. The molecule has 1 aliphatic heterocycles. The Morgan fingerprint density at radius 1 is 1.35 bits per heavy atom. The van der Waals surface area contributed by atoms with E-state index in [-0.39, 0.29) is 6.04 Å². The van der Waals surface area contributed by atoms with E-state index in [1.807, 2.05) is 18.9 Å². The molecule has 0 bridgehead atoms. The molecule has 0 aromatic carbocycles. The minimum absolute atomic E-state index is 0.0220. The molecule has 7 heteroatoms. The molecule has 1 aromatic rings. The summed E-state index contributed by atoms with van der Waals surface area (Å²) < 4.78 is 37.4. The lowest BCUT2D eigenvalue weighted by atomic mass is 10.0. The highest BCUT2D eigenvalue weighted by Gasteiger charge is 2.34. The summed E-state index contributed by atoms with van der Waals surface area (Å²) >= 11 is 0. The summed E-state index contributed by atoms with van der Waals surface area (Å²) in [5.41, 5.74) is 0.962. The highest BCUT2D eigenvalue weighted by molar-refractivity contribution is 5.30. The molecule has 0 radical (unpaired) electrons. The summed E-state index contributed by atoms with van der Waals surface area (Å²) in [6.07, 6.45) is 0.921. The second-order valence-corrected chi connectivity index (χ2v) is 5.32. The number of likely N-dealkylation sites (tertiary alicyclic amines) is 1. The van der Waals surface area contributed by atoms with Gasteiger partial charge in [-0.15, -0.1) is 0 Å². The maximum atomic E-state index is 12.5. The molecule has 1 aliphatic rings. The summed E-state index contributed by atoms with van der Waals surface area (Å²) in [5.74, 6) is 0.564. The monoisotopic (exact) mass is 288 g/mol. The molecule has 0 N–H and O–H groups in total. The Morgan fingerprint density at radius 3 is 2.60 bits per heavy atom. The second-order valence-electron chi connectivity index (χ2n) is 5.32. The van der Waals surface area contributed by atoms with Gasteiger partial charge in [0.05, 0.1) is 6.54 Å². The van der Waals surface area contributed by atoms with Crippen molar-refractivity contribution in [3.8, 4) is 0 Å². The third-order valence-corrected chi connectivity index (χ3v) is 3.51. The number of nitrogens with zero attached hydrogens (tertiary/aromatic N) is 4. The third-order valence-electron chi connectivity index (χ3n) is 3.51. The summed E-state index contributed by atoms with van der Waals surface area (Å²) in [4.78, 5) is 11.8. The standard InChI is InChI=1S/C13H19F3N4/c1-10-6-17-12(18-7-10)19(2)11-4-3-5-20(8-11)9-13(14,15)16/h6-7,11H,3-5,8-9H2,1-2H3. The minimum atomic E-state index is -4.14. The number of hydrogen-bond acceptors (Lipinski definition) is 4. The number of rotatable bonds is 3. The number of aryl methyl sites for hydroxylation is 1. The molecule has 1 unspecified atom stereocenters. The fourth-order valence-electron chi connectivity index (χ4n) is 2.48. The molecule has 2 rings (SSSR count). The smallest absolute Gasteiger partial charge is 0.340 e. The van der Waals surface area contributed by atoms with Crippen LogP contribution in [-0.2, 0) is 0 Å². The Labute approximate surface area is 116 Å². The van der Waals surface area contributed by atoms with Gasteiger partial charge in [0.25, 0.3) is 0 Å². The molecular formula is C13H19F3N4. The SMILES string of the molecule is Cc1cnc(N(C)C2CCCN(CC(F)(F)F)C2)nc1. The van der Waals surface area contributed by atoms with E-state index in [0.717, 1.165) is 18.4 Å². The van der Waals surface area contributed by atoms with Gasteiger partial charge in [-0.1, -0.05) is 0 Å². The van der Waals surface area contributed by atoms with Crippen molar-refractivity contribution < 1.29 is 13.2 Å². The van der Waals surface area contributed by atoms with Crippen molar-refractivity contribution in [1.29, 1.82) is 0 Å². The van der Waals surface area contributed by atoms with Crippen LogP contribution in [0.15, 0.2) is 12.4 Å². The van der Waals surface area contributed by atoms with Crippen LogP contribution in [0, 0.1) is 6.92 Å². The Hall–Kier alpha value is -1.37. The summed E-state index contributed by atoms with van der Waals surface area (Å²) in [7, 11) is 1.84. The van der Waals surface area contributed by atoms with Crippen LogP contribution in [0.4, 0.5) is 19.1 Å². The van der Waals surface area contributed by atoms with E-state index < -0.39 is 12.7 Å². The molecule has 0 spiro atoms. The first-order valence-electron chi connectivity index (χ1n) is 6.66. The van der Waals surface area contributed by atoms with Crippen LogP contribution in [0.5, 0.6) is 0 Å². The van der Waals surface area contributed by atoms with Crippen molar-refractivity contribution >= 4 is 5.95 Å². The molecule has 0 saturated carbocycles. The molecule has 1 saturated heterocycles. The zero-order valence-electron chi connectivity index (χ0n) is 11.7. The van der Waals surface area contributed by atoms with E-state index in [9.17, 15) is 13.2 Å². The Kier molecular flexibility index (Phi) is 4.47. The first kappa shape index (κ1) is 15.0. The van der Waals surface area contributed by atoms with E-state index in [1.54, 1.807) is 12.4 Å². The highest BCUT2D eigenvalue weighted by Crippen LogP contribution is 2.22. The molecule has 4 nitrogen and oxygen atoms in total. The van der Waals surface area contributed by atoms with Crippen molar-refractivity contribution in [2.75, 3.05) is 31.6 Å². The number of halogens is 3. The Morgan fingerprint density at radius 2 is 2.00 bits per heavy atom. The lowest BCUT2D eigenvalue weighted by molar-refractivity contribution is -0.148. The molecule has 2 heterocycles. The fraction of sp³-hybridized carbons (Fsp3) is 0.692. The van der Waals surface area contributed by atoms with E-state index in [4.69, 9.17) is 0 Å². The van der Waals surface area contributed by atoms with Crippen LogP contribution < -0.4 is 4.90 Å². The molecule has 1 atom stereocenters. The normalized spacial score (nSPS) is 20.9. The molecule has 0 amide bonds. The predicted octanol–water partition coefficient (Wildman–Crippen LogP) is 2.25.